The van der Waals surface area contributed by atoms with Crippen molar-refractivity contribution in [1.29, 1.82) is 0 Å². The molecule has 0 aliphatic carbocycles. The number of hydrogen-bond donors (Lipinski definition) is 2. The molecule has 1 heterocycles. The van der Waals surface area contributed by atoms with E-state index in [1.54, 1.807) is 0 Å². The Hall–Kier alpha value is -1.59. The monoisotopic (exact) mass is 387 g/mol. The van der Waals surface area contributed by atoms with Crippen molar-refractivity contribution < 1.29 is 0 Å². The number of nitrogens with zero attached hydrogens (tertiary/aromatic N) is 3. The van der Waals surface area contributed by atoms with E-state index in [4.69, 9.17) is 4.99 Å². The van der Waals surface area contributed by atoms with Gasteiger partial charge in [0.2, 0.25) is 0 Å². The quantitative estimate of drug-likeness (QED) is 0.530. The first-order chi connectivity index (χ1) is 13.4. The Kier molecular flexibility index (Phi) is 9.26. The summed E-state index contributed by atoms with van der Waals surface area (Å²) in [5.74, 6) is 0.942. The topological polar surface area (TPSA) is 42.9 Å². The number of hydrogen-bond acceptors (Lipinski definition) is 3. The second-order valence-electron chi connectivity index (χ2n) is 8.52. The van der Waals surface area contributed by atoms with Gasteiger partial charge >= 0.3 is 0 Å². The van der Waals surface area contributed by atoms with Crippen LogP contribution in [0.1, 0.15) is 58.6 Å². The molecule has 2 N–H and O–H groups in total. The van der Waals surface area contributed by atoms with Gasteiger partial charge in [-0.3, -0.25) is 4.90 Å². The van der Waals surface area contributed by atoms with Crippen LogP contribution >= 0.6 is 0 Å². The van der Waals surface area contributed by atoms with E-state index in [1.807, 2.05) is 0 Å². The maximum atomic E-state index is 4.91. The van der Waals surface area contributed by atoms with Crippen LogP contribution in [0, 0.1) is 0 Å². The van der Waals surface area contributed by atoms with Crippen molar-refractivity contribution >= 4 is 5.96 Å². The molecule has 0 saturated carbocycles. The Morgan fingerprint density at radius 2 is 1.79 bits per heavy atom. The van der Waals surface area contributed by atoms with Gasteiger partial charge in [-0.05, 0) is 65.6 Å². The highest BCUT2D eigenvalue weighted by Crippen LogP contribution is 2.15. The molecule has 1 aromatic rings. The van der Waals surface area contributed by atoms with Crippen LogP contribution in [0.25, 0.3) is 0 Å². The Labute approximate surface area is 172 Å². The number of likely N-dealkylation sites (tertiary alicyclic amines) is 1. The highest BCUT2D eigenvalue weighted by molar-refractivity contribution is 5.80. The molecule has 0 unspecified atom stereocenters. The number of benzene rings is 1. The van der Waals surface area contributed by atoms with Crippen LogP contribution in [0.15, 0.2) is 29.3 Å². The lowest BCUT2D eigenvalue weighted by molar-refractivity contribution is 0.167. The first-order valence-corrected chi connectivity index (χ1v) is 11.0. The molecule has 0 bridgehead atoms. The van der Waals surface area contributed by atoms with Crippen LogP contribution in [-0.2, 0) is 13.1 Å². The summed E-state index contributed by atoms with van der Waals surface area (Å²) < 4.78 is 0. The van der Waals surface area contributed by atoms with Crippen LogP contribution in [0.5, 0.6) is 0 Å². The van der Waals surface area contributed by atoms with Crippen molar-refractivity contribution in [1.82, 2.24) is 20.4 Å². The summed E-state index contributed by atoms with van der Waals surface area (Å²) in [4.78, 5) is 9.84. The number of aliphatic imine (C=N–C) groups is 1. The fourth-order valence-electron chi connectivity index (χ4n) is 3.56. The molecule has 0 spiro atoms. The van der Waals surface area contributed by atoms with E-state index in [2.05, 4.69) is 86.4 Å². The second kappa shape index (κ2) is 11.4. The van der Waals surface area contributed by atoms with Crippen molar-refractivity contribution in [3.8, 4) is 0 Å². The van der Waals surface area contributed by atoms with Crippen LogP contribution in [0.4, 0.5) is 0 Å². The fourth-order valence-corrected chi connectivity index (χ4v) is 3.56. The Morgan fingerprint density at radius 1 is 1.14 bits per heavy atom. The second-order valence-corrected chi connectivity index (χ2v) is 8.52. The van der Waals surface area contributed by atoms with Crippen LogP contribution in [-0.4, -0.2) is 60.6 Å². The first kappa shape index (κ1) is 22.7. The SMILES string of the molecule is CCNC(=NCc1ccccc1CN(C)C(C)C)NC1CCN(C(C)C)CC1. The summed E-state index contributed by atoms with van der Waals surface area (Å²) in [5.41, 5.74) is 2.67. The molecule has 5 nitrogen and oxygen atoms in total. The molecule has 158 valence electrons. The normalized spacial score (nSPS) is 17.0. The standard InChI is InChI=1S/C23H41N5/c1-7-24-23(26-22-12-14-28(15-13-22)19(4)5)25-16-20-10-8-9-11-21(20)17-27(6)18(2)3/h8-11,18-19,22H,7,12-17H2,1-6H3,(H2,24,25,26). The van der Waals surface area contributed by atoms with E-state index in [0.29, 0.717) is 24.7 Å². The molecule has 1 aromatic carbocycles. The predicted molar refractivity (Wildman–Crippen MR) is 121 cm³/mol. The Bertz CT molecular complexity index is 603. The van der Waals surface area contributed by atoms with Gasteiger partial charge in [-0.25, -0.2) is 4.99 Å². The lowest BCUT2D eigenvalue weighted by Crippen LogP contribution is -2.49. The van der Waals surface area contributed by atoms with Gasteiger partial charge in [0.15, 0.2) is 5.96 Å². The summed E-state index contributed by atoms with van der Waals surface area (Å²) in [5, 5.41) is 7.09. The summed E-state index contributed by atoms with van der Waals surface area (Å²) in [6, 6.07) is 10.4. The number of nitrogens with one attached hydrogen (secondary N) is 2. The molecule has 1 saturated heterocycles. The van der Waals surface area contributed by atoms with Gasteiger partial charge in [-0.15, -0.1) is 0 Å². The van der Waals surface area contributed by atoms with E-state index < -0.39 is 0 Å². The minimum Gasteiger partial charge on any atom is -0.357 e. The molecule has 2 rings (SSSR count). The minimum atomic E-state index is 0.509. The van der Waals surface area contributed by atoms with E-state index in [1.165, 1.54) is 37.1 Å². The van der Waals surface area contributed by atoms with Crippen molar-refractivity contribution in [3.05, 3.63) is 35.4 Å². The van der Waals surface area contributed by atoms with Gasteiger partial charge in [-0.2, -0.15) is 0 Å². The predicted octanol–water partition coefficient (Wildman–Crippen LogP) is 3.45. The van der Waals surface area contributed by atoms with Gasteiger partial charge in [-0.1, -0.05) is 24.3 Å². The largest absolute Gasteiger partial charge is 0.357 e. The molecular formula is C23H41N5. The molecular weight excluding hydrogens is 346 g/mol. The van der Waals surface area contributed by atoms with Crippen molar-refractivity contribution in [2.24, 2.45) is 4.99 Å². The third-order valence-corrected chi connectivity index (χ3v) is 5.77. The third-order valence-electron chi connectivity index (χ3n) is 5.77. The van der Waals surface area contributed by atoms with Crippen molar-refractivity contribution in [2.45, 2.75) is 78.7 Å². The van der Waals surface area contributed by atoms with Crippen LogP contribution in [0.2, 0.25) is 0 Å². The van der Waals surface area contributed by atoms with Gasteiger partial charge in [0.25, 0.3) is 0 Å². The molecule has 28 heavy (non-hydrogen) atoms. The maximum absolute atomic E-state index is 4.91. The summed E-state index contributed by atoms with van der Waals surface area (Å²) in [7, 11) is 2.18. The lowest BCUT2D eigenvalue weighted by atomic mass is 10.0. The van der Waals surface area contributed by atoms with Gasteiger partial charge in [0.1, 0.15) is 0 Å². The number of rotatable bonds is 8. The molecule has 0 aromatic heterocycles. The summed E-state index contributed by atoms with van der Waals surface area (Å²) in [6.45, 7) is 16.1. The van der Waals surface area contributed by atoms with Crippen LogP contribution in [0.3, 0.4) is 0 Å². The summed E-state index contributed by atoms with van der Waals surface area (Å²) in [6.07, 6.45) is 2.36. The van der Waals surface area contributed by atoms with E-state index in [9.17, 15) is 0 Å². The Morgan fingerprint density at radius 3 is 2.36 bits per heavy atom. The zero-order valence-electron chi connectivity index (χ0n) is 18.8. The van der Waals surface area contributed by atoms with E-state index in [-0.39, 0.29) is 0 Å². The molecule has 0 radical (unpaired) electrons. The lowest BCUT2D eigenvalue weighted by Gasteiger charge is -2.35. The number of piperidine rings is 1. The molecule has 0 amide bonds. The maximum Gasteiger partial charge on any atom is 0.191 e. The molecule has 0 atom stereocenters. The van der Waals surface area contributed by atoms with Crippen molar-refractivity contribution in [3.63, 3.8) is 0 Å². The smallest absolute Gasteiger partial charge is 0.191 e. The zero-order chi connectivity index (χ0) is 20.5. The molecule has 5 heteroatoms. The average molecular weight is 388 g/mol. The molecule has 1 aliphatic heterocycles. The highest BCUT2D eigenvalue weighted by atomic mass is 15.2. The minimum absolute atomic E-state index is 0.509. The zero-order valence-corrected chi connectivity index (χ0v) is 18.8. The van der Waals surface area contributed by atoms with Gasteiger partial charge in [0, 0.05) is 44.3 Å². The highest BCUT2D eigenvalue weighted by Gasteiger charge is 2.21. The summed E-state index contributed by atoms with van der Waals surface area (Å²) >= 11 is 0. The first-order valence-electron chi connectivity index (χ1n) is 11.0. The average Bonchev–Trinajstić information content (AvgIpc) is 2.67. The van der Waals surface area contributed by atoms with E-state index in [0.717, 1.165) is 19.0 Å². The van der Waals surface area contributed by atoms with Gasteiger partial charge < -0.3 is 15.5 Å². The van der Waals surface area contributed by atoms with Gasteiger partial charge in [0.05, 0.1) is 6.54 Å². The van der Waals surface area contributed by atoms with E-state index >= 15 is 0 Å². The van der Waals surface area contributed by atoms with Crippen LogP contribution < -0.4 is 10.6 Å². The molecule has 1 aliphatic rings. The van der Waals surface area contributed by atoms with Crippen molar-refractivity contribution in [2.75, 3.05) is 26.7 Å². The molecule has 1 fully saturated rings. The third kappa shape index (κ3) is 7.10. The Balaban J connectivity index is 1.99. The number of guanidine groups is 1. The fraction of sp³-hybridized carbons (Fsp3) is 0.696.